The molecule has 1 heterocycles. The van der Waals surface area contributed by atoms with Gasteiger partial charge in [0.15, 0.2) is 0 Å². The summed E-state index contributed by atoms with van der Waals surface area (Å²) in [7, 11) is 1.61. The van der Waals surface area contributed by atoms with E-state index in [-0.39, 0.29) is 6.04 Å². The molecular weight excluding hydrogens is 234 g/mol. The van der Waals surface area contributed by atoms with Crippen LogP contribution in [0.3, 0.4) is 0 Å². The lowest BCUT2D eigenvalue weighted by Gasteiger charge is -2.22. The topological polar surface area (TPSA) is 65.4 Å². The Balaban J connectivity index is 2.62. The van der Waals surface area contributed by atoms with Crippen LogP contribution in [0.1, 0.15) is 39.6 Å². The number of nitrogens with one attached hydrogen (secondary N) is 1. The van der Waals surface area contributed by atoms with Gasteiger partial charge in [0, 0.05) is 19.5 Å². The molecule has 1 N–H and O–H groups in total. The summed E-state index contributed by atoms with van der Waals surface area (Å²) in [6.07, 6.45) is 3.01. The van der Waals surface area contributed by atoms with E-state index in [0.29, 0.717) is 6.73 Å². The first-order chi connectivity index (χ1) is 8.33. The minimum atomic E-state index is -0.508. The first-order valence-corrected chi connectivity index (χ1v) is 5.83. The molecule has 1 amide bonds. The Hall–Kier alpha value is -1.56. The van der Waals surface area contributed by atoms with Gasteiger partial charge in [-0.3, -0.25) is 0 Å². The van der Waals surface area contributed by atoms with E-state index in [1.165, 1.54) is 0 Å². The average molecular weight is 255 g/mol. The lowest BCUT2D eigenvalue weighted by molar-refractivity contribution is 0.0501. The molecule has 18 heavy (non-hydrogen) atoms. The van der Waals surface area contributed by atoms with Crippen molar-refractivity contribution in [3.63, 3.8) is 0 Å². The number of hydrogen-bond acceptors (Lipinski definition) is 4. The van der Waals surface area contributed by atoms with Crippen molar-refractivity contribution >= 4 is 6.09 Å². The third-order valence-electron chi connectivity index (χ3n) is 2.14. The number of imidazole rings is 1. The smallest absolute Gasteiger partial charge is 0.408 e. The number of carbonyl (C=O) groups is 1. The fourth-order valence-electron chi connectivity index (χ4n) is 1.50. The molecule has 6 nitrogen and oxygen atoms in total. The minimum Gasteiger partial charge on any atom is -0.444 e. The number of alkyl carbamates (subject to hydrolysis) is 1. The van der Waals surface area contributed by atoms with Crippen molar-refractivity contribution in [2.75, 3.05) is 7.11 Å². The molecule has 0 aliphatic carbocycles. The van der Waals surface area contributed by atoms with E-state index >= 15 is 0 Å². The van der Waals surface area contributed by atoms with Crippen LogP contribution in [-0.4, -0.2) is 28.4 Å². The summed E-state index contributed by atoms with van der Waals surface area (Å²) in [4.78, 5) is 15.8. The molecular formula is C12H21N3O3. The Morgan fingerprint density at radius 1 is 1.56 bits per heavy atom. The zero-order chi connectivity index (χ0) is 13.8. The van der Waals surface area contributed by atoms with Crippen LogP contribution in [-0.2, 0) is 16.2 Å². The number of carbonyl (C=O) groups excluding carboxylic acids is 1. The molecule has 0 saturated heterocycles. The van der Waals surface area contributed by atoms with Crippen LogP contribution in [0.2, 0.25) is 0 Å². The Bertz CT molecular complexity index is 396. The highest BCUT2D eigenvalue weighted by Crippen LogP contribution is 2.12. The summed E-state index contributed by atoms with van der Waals surface area (Å²) in [5, 5.41) is 2.74. The summed E-state index contributed by atoms with van der Waals surface area (Å²) in [5.74, 6) is 0.725. The maximum atomic E-state index is 11.6. The number of aromatic nitrogens is 2. The van der Waals surface area contributed by atoms with E-state index < -0.39 is 11.7 Å². The van der Waals surface area contributed by atoms with Crippen LogP contribution in [0.25, 0.3) is 0 Å². The average Bonchev–Trinajstić information content (AvgIpc) is 2.63. The monoisotopic (exact) mass is 255 g/mol. The van der Waals surface area contributed by atoms with E-state index in [4.69, 9.17) is 9.47 Å². The third-order valence-corrected chi connectivity index (χ3v) is 2.14. The number of nitrogens with zero attached hydrogens (tertiary/aromatic N) is 2. The van der Waals surface area contributed by atoms with Gasteiger partial charge in [0.2, 0.25) is 0 Å². The van der Waals surface area contributed by atoms with Gasteiger partial charge in [-0.1, -0.05) is 0 Å². The van der Waals surface area contributed by atoms with E-state index in [1.807, 2.05) is 32.3 Å². The zero-order valence-corrected chi connectivity index (χ0v) is 11.6. The number of ether oxygens (including phenoxy) is 2. The number of rotatable bonds is 4. The second kappa shape index (κ2) is 5.86. The summed E-state index contributed by atoms with van der Waals surface area (Å²) < 4.78 is 12.1. The molecule has 6 heteroatoms. The van der Waals surface area contributed by atoms with Crippen LogP contribution in [0.15, 0.2) is 12.4 Å². The first kappa shape index (κ1) is 14.5. The lowest BCUT2D eigenvalue weighted by Crippen LogP contribution is -2.35. The Labute approximate surface area is 107 Å². The Morgan fingerprint density at radius 3 is 2.78 bits per heavy atom. The van der Waals surface area contributed by atoms with Gasteiger partial charge < -0.3 is 19.4 Å². The molecule has 0 saturated carbocycles. The molecule has 0 radical (unpaired) electrons. The van der Waals surface area contributed by atoms with Gasteiger partial charge in [0.1, 0.15) is 18.2 Å². The molecule has 1 rings (SSSR count). The number of amides is 1. The van der Waals surface area contributed by atoms with Gasteiger partial charge in [0.05, 0.1) is 6.04 Å². The standard InChI is InChI=1S/C12H21N3O3/c1-9(14-11(16)18-12(2,3)4)10-13-6-7-15(10)8-17-5/h6-7,9H,8H2,1-5H3,(H,14,16). The Morgan fingerprint density at radius 2 is 2.22 bits per heavy atom. The Kier molecular flexibility index (Phi) is 4.72. The molecule has 0 fully saturated rings. The van der Waals surface area contributed by atoms with E-state index in [0.717, 1.165) is 5.82 Å². The maximum Gasteiger partial charge on any atom is 0.408 e. The van der Waals surface area contributed by atoms with Crippen LogP contribution in [0.4, 0.5) is 4.79 Å². The molecule has 0 aliphatic heterocycles. The maximum absolute atomic E-state index is 11.6. The largest absolute Gasteiger partial charge is 0.444 e. The fourth-order valence-corrected chi connectivity index (χ4v) is 1.50. The molecule has 1 atom stereocenters. The van der Waals surface area contributed by atoms with Gasteiger partial charge in [-0.05, 0) is 27.7 Å². The molecule has 102 valence electrons. The molecule has 1 aromatic heterocycles. The van der Waals surface area contributed by atoms with Crippen LogP contribution >= 0.6 is 0 Å². The van der Waals surface area contributed by atoms with Gasteiger partial charge in [-0.15, -0.1) is 0 Å². The van der Waals surface area contributed by atoms with Gasteiger partial charge >= 0.3 is 6.09 Å². The highest BCUT2D eigenvalue weighted by molar-refractivity contribution is 5.68. The molecule has 0 bridgehead atoms. The van der Waals surface area contributed by atoms with Crippen molar-refractivity contribution in [2.24, 2.45) is 0 Å². The normalized spacial score (nSPS) is 13.2. The van der Waals surface area contributed by atoms with Crippen molar-refractivity contribution in [1.29, 1.82) is 0 Å². The first-order valence-electron chi connectivity index (χ1n) is 5.83. The zero-order valence-electron chi connectivity index (χ0n) is 11.6. The van der Waals surface area contributed by atoms with E-state index in [9.17, 15) is 4.79 Å². The summed E-state index contributed by atoms with van der Waals surface area (Å²) in [6, 6.07) is -0.245. The molecule has 0 spiro atoms. The number of hydrogen-bond donors (Lipinski definition) is 1. The highest BCUT2D eigenvalue weighted by atomic mass is 16.6. The molecule has 0 aromatic carbocycles. The predicted octanol–water partition coefficient (Wildman–Crippen LogP) is 2.07. The van der Waals surface area contributed by atoms with Crippen LogP contribution in [0.5, 0.6) is 0 Å². The summed E-state index contributed by atoms with van der Waals surface area (Å²) in [6.45, 7) is 7.71. The van der Waals surface area contributed by atoms with Gasteiger partial charge in [-0.2, -0.15) is 0 Å². The van der Waals surface area contributed by atoms with Crippen molar-refractivity contribution in [3.8, 4) is 0 Å². The number of methoxy groups -OCH3 is 1. The van der Waals surface area contributed by atoms with Crippen LogP contribution < -0.4 is 5.32 Å². The van der Waals surface area contributed by atoms with Crippen molar-refractivity contribution < 1.29 is 14.3 Å². The minimum absolute atomic E-state index is 0.245. The molecule has 1 unspecified atom stereocenters. The third kappa shape index (κ3) is 4.37. The second-order valence-corrected chi connectivity index (χ2v) is 5.04. The summed E-state index contributed by atoms with van der Waals surface area (Å²) >= 11 is 0. The van der Waals surface area contributed by atoms with Crippen LogP contribution in [0, 0.1) is 0 Å². The predicted molar refractivity (Wildman–Crippen MR) is 67.0 cm³/mol. The second-order valence-electron chi connectivity index (χ2n) is 5.04. The SMILES string of the molecule is COCn1ccnc1C(C)NC(=O)OC(C)(C)C. The van der Waals surface area contributed by atoms with Crippen molar-refractivity contribution in [2.45, 2.75) is 46.1 Å². The fraction of sp³-hybridized carbons (Fsp3) is 0.667. The van der Waals surface area contributed by atoms with Gasteiger partial charge in [0.25, 0.3) is 0 Å². The quantitative estimate of drug-likeness (QED) is 0.894. The van der Waals surface area contributed by atoms with Crippen molar-refractivity contribution in [1.82, 2.24) is 14.9 Å². The lowest BCUT2D eigenvalue weighted by atomic mass is 10.2. The van der Waals surface area contributed by atoms with Gasteiger partial charge in [-0.25, -0.2) is 9.78 Å². The van der Waals surface area contributed by atoms with E-state index in [2.05, 4.69) is 10.3 Å². The molecule has 0 aliphatic rings. The summed E-state index contributed by atoms with van der Waals surface area (Å²) in [5.41, 5.74) is -0.508. The van der Waals surface area contributed by atoms with E-state index in [1.54, 1.807) is 19.5 Å². The van der Waals surface area contributed by atoms with Crippen molar-refractivity contribution in [3.05, 3.63) is 18.2 Å². The molecule has 1 aromatic rings. The highest BCUT2D eigenvalue weighted by Gasteiger charge is 2.20.